The minimum absolute atomic E-state index is 0.000657. The number of amides is 1. The van der Waals surface area contributed by atoms with E-state index < -0.39 is 5.97 Å². The van der Waals surface area contributed by atoms with E-state index in [9.17, 15) is 19.5 Å². The number of imidazole rings is 1. The first-order valence-corrected chi connectivity index (χ1v) is 15.0. The average Bonchev–Trinajstić information content (AvgIpc) is 3.21. The fourth-order valence-electron chi connectivity index (χ4n) is 4.63. The third-order valence-electron chi connectivity index (χ3n) is 6.66. The summed E-state index contributed by atoms with van der Waals surface area (Å²) in [6.07, 6.45) is 3.43. The quantitative estimate of drug-likeness (QED) is 0.215. The topological polar surface area (TPSA) is 101 Å². The van der Waals surface area contributed by atoms with Crippen molar-refractivity contribution in [1.29, 1.82) is 0 Å². The predicted octanol–water partition coefficient (Wildman–Crippen LogP) is 6.85. The number of nitrogens with one attached hydrogen (secondary N) is 1. The number of nitrogens with zero attached hydrogens (tertiary/aromatic N) is 2. The summed E-state index contributed by atoms with van der Waals surface area (Å²) in [6.45, 7) is 8.52. The van der Waals surface area contributed by atoms with E-state index >= 15 is 0 Å². The van der Waals surface area contributed by atoms with E-state index in [-0.39, 0.29) is 29.0 Å². The zero-order valence-corrected chi connectivity index (χ0v) is 25.1. The number of carbonyl (C=O) groups is 3. The Morgan fingerprint density at radius 3 is 2.42 bits per heavy atom. The largest absolute Gasteiger partial charge is 0.478 e. The molecule has 214 valence electrons. The van der Waals surface area contributed by atoms with Gasteiger partial charge in [-0.1, -0.05) is 93.0 Å². The molecule has 1 heterocycles. The van der Waals surface area contributed by atoms with Crippen LogP contribution >= 0.6 is 23.4 Å². The first-order chi connectivity index (χ1) is 19.1. The van der Waals surface area contributed by atoms with Gasteiger partial charge in [0, 0.05) is 31.6 Å². The molecule has 0 bridgehead atoms. The summed E-state index contributed by atoms with van der Waals surface area (Å²) in [7, 11) is 0. The van der Waals surface area contributed by atoms with Gasteiger partial charge < -0.3 is 15.0 Å². The van der Waals surface area contributed by atoms with Gasteiger partial charge in [-0.25, -0.2) is 9.78 Å². The maximum atomic E-state index is 13.1. The van der Waals surface area contributed by atoms with Crippen LogP contribution < -0.4 is 5.32 Å². The van der Waals surface area contributed by atoms with Crippen LogP contribution in [-0.4, -0.2) is 37.4 Å². The highest BCUT2D eigenvalue weighted by molar-refractivity contribution is 8.13. The van der Waals surface area contributed by atoms with Gasteiger partial charge in [-0.15, -0.1) is 0 Å². The van der Waals surface area contributed by atoms with E-state index in [1.807, 2.05) is 30.3 Å². The van der Waals surface area contributed by atoms with E-state index in [1.165, 1.54) is 18.7 Å². The smallest absolute Gasteiger partial charge is 0.336 e. The Morgan fingerprint density at radius 2 is 1.80 bits per heavy atom. The summed E-state index contributed by atoms with van der Waals surface area (Å²) in [5.41, 5.74) is 3.49. The third kappa shape index (κ3) is 8.70. The fourth-order valence-corrected chi connectivity index (χ4v) is 5.62. The molecule has 2 N–H and O–H groups in total. The molecule has 7 nitrogen and oxygen atoms in total. The minimum Gasteiger partial charge on any atom is -0.478 e. The number of unbranched alkanes of at least 4 members (excludes halogenated alkanes) is 1. The van der Waals surface area contributed by atoms with Crippen molar-refractivity contribution in [3.63, 3.8) is 0 Å². The molecule has 1 aromatic heterocycles. The summed E-state index contributed by atoms with van der Waals surface area (Å²) < 4.78 is 2.07. The molecule has 0 aliphatic heterocycles. The normalized spacial score (nSPS) is 11.9. The summed E-state index contributed by atoms with van der Waals surface area (Å²) >= 11 is 7.79. The SMILES string of the molecule is CCCCc1nc(Cl)c(CNC(=O)[C@@H](CSC(C)=O)CC(C)C)n1Cc1ccc(-c2ccccc2C(=O)O)cc1. The van der Waals surface area contributed by atoms with Crippen LogP contribution in [0, 0.1) is 11.8 Å². The van der Waals surface area contributed by atoms with Crippen molar-refractivity contribution < 1.29 is 19.5 Å². The van der Waals surface area contributed by atoms with Crippen molar-refractivity contribution in [2.75, 3.05) is 5.75 Å². The second-order valence-electron chi connectivity index (χ2n) is 10.3. The lowest BCUT2D eigenvalue weighted by Gasteiger charge is -2.19. The maximum Gasteiger partial charge on any atom is 0.336 e. The molecular formula is C31H38ClN3O4S. The summed E-state index contributed by atoms with van der Waals surface area (Å²) in [4.78, 5) is 40.9. The molecule has 3 aromatic rings. The highest BCUT2D eigenvalue weighted by Crippen LogP contribution is 2.26. The van der Waals surface area contributed by atoms with Gasteiger partial charge in [0.05, 0.1) is 17.8 Å². The standard InChI is InChI=1S/C31H38ClN3O4S/c1-5-6-11-28-34-29(32)27(17-33-30(37)24(16-20(2)3)19-40-21(4)36)35(28)18-22-12-14-23(15-13-22)25-9-7-8-10-26(25)31(38)39/h7-10,12-15,20,24H,5-6,11,16-19H2,1-4H3,(H,33,37)(H,38,39)/t24-/m1/s1. The molecule has 0 fully saturated rings. The van der Waals surface area contributed by atoms with Gasteiger partial charge >= 0.3 is 5.97 Å². The Hall–Kier alpha value is -3.10. The number of aromatic carboxylic acids is 1. The number of benzene rings is 2. The molecule has 1 amide bonds. The summed E-state index contributed by atoms with van der Waals surface area (Å²) in [6, 6.07) is 14.8. The van der Waals surface area contributed by atoms with Crippen molar-refractivity contribution in [2.24, 2.45) is 11.8 Å². The van der Waals surface area contributed by atoms with Crippen LogP contribution in [0.15, 0.2) is 48.5 Å². The van der Waals surface area contributed by atoms with E-state index in [0.717, 1.165) is 41.9 Å². The summed E-state index contributed by atoms with van der Waals surface area (Å²) in [5.74, 6) is 0.305. The van der Waals surface area contributed by atoms with Gasteiger partial charge in [0.15, 0.2) is 10.3 Å². The highest BCUT2D eigenvalue weighted by atomic mass is 35.5. The lowest BCUT2D eigenvalue weighted by Crippen LogP contribution is -2.33. The molecule has 9 heteroatoms. The molecule has 3 rings (SSSR count). The zero-order chi connectivity index (χ0) is 29.2. The molecule has 0 radical (unpaired) electrons. The van der Waals surface area contributed by atoms with Gasteiger partial charge in [0.1, 0.15) is 5.82 Å². The van der Waals surface area contributed by atoms with Crippen molar-refractivity contribution in [1.82, 2.24) is 14.9 Å². The molecule has 2 aromatic carbocycles. The van der Waals surface area contributed by atoms with E-state index in [0.29, 0.717) is 35.4 Å². The van der Waals surface area contributed by atoms with Gasteiger partial charge in [0.2, 0.25) is 5.91 Å². The number of thioether (sulfide) groups is 1. The van der Waals surface area contributed by atoms with Gasteiger partial charge in [-0.2, -0.15) is 0 Å². The first kappa shape index (κ1) is 31.4. The van der Waals surface area contributed by atoms with Crippen LogP contribution in [0.25, 0.3) is 11.1 Å². The molecule has 0 aliphatic rings. The Balaban J connectivity index is 1.83. The number of aromatic nitrogens is 2. The van der Waals surface area contributed by atoms with Crippen LogP contribution in [0.4, 0.5) is 0 Å². The second kappa shape index (κ2) is 15.1. The molecular weight excluding hydrogens is 546 g/mol. The Bertz CT molecular complexity index is 1320. The second-order valence-corrected chi connectivity index (χ2v) is 11.9. The van der Waals surface area contributed by atoms with Gasteiger partial charge in [-0.3, -0.25) is 9.59 Å². The highest BCUT2D eigenvalue weighted by Gasteiger charge is 2.23. The maximum absolute atomic E-state index is 13.1. The van der Waals surface area contributed by atoms with Crippen LogP contribution in [0.5, 0.6) is 0 Å². The number of carboxylic acid groups (broad SMARTS) is 1. The molecule has 0 spiro atoms. The fraction of sp³-hybridized carbons (Fsp3) is 0.419. The molecule has 0 saturated heterocycles. The van der Waals surface area contributed by atoms with Crippen molar-refractivity contribution in [3.8, 4) is 11.1 Å². The molecule has 40 heavy (non-hydrogen) atoms. The van der Waals surface area contributed by atoms with Gasteiger partial charge in [-0.05, 0) is 41.5 Å². The Kier molecular flexibility index (Phi) is 11.8. The third-order valence-corrected chi connectivity index (χ3v) is 7.94. The first-order valence-electron chi connectivity index (χ1n) is 13.7. The van der Waals surface area contributed by atoms with E-state index in [2.05, 4.69) is 35.6 Å². The molecule has 0 saturated carbocycles. The molecule has 1 atom stereocenters. The summed E-state index contributed by atoms with van der Waals surface area (Å²) in [5, 5.41) is 13.0. The molecule has 0 aliphatic carbocycles. The van der Waals surface area contributed by atoms with E-state index in [4.69, 9.17) is 11.6 Å². The number of rotatable bonds is 14. The van der Waals surface area contributed by atoms with Crippen LogP contribution in [0.1, 0.15) is 74.4 Å². The molecule has 0 unspecified atom stereocenters. The lowest BCUT2D eigenvalue weighted by molar-refractivity contribution is -0.125. The Labute approximate surface area is 245 Å². The van der Waals surface area contributed by atoms with Crippen molar-refractivity contribution in [2.45, 2.75) is 66.5 Å². The van der Waals surface area contributed by atoms with E-state index in [1.54, 1.807) is 18.2 Å². The zero-order valence-electron chi connectivity index (χ0n) is 23.6. The van der Waals surface area contributed by atoms with Crippen molar-refractivity contribution >= 4 is 40.4 Å². The number of halogens is 1. The number of hydrogen-bond donors (Lipinski definition) is 2. The van der Waals surface area contributed by atoms with Crippen LogP contribution in [0.2, 0.25) is 5.15 Å². The minimum atomic E-state index is -0.962. The van der Waals surface area contributed by atoms with Crippen LogP contribution in [0.3, 0.4) is 0 Å². The number of aryl methyl sites for hydroxylation is 1. The monoisotopic (exact) mass is 583 g/mol. The van der Waals surface area contributed by atoms with Gasteiger partial charge in [0.25, 0.3) is 0 Å². The predicted molar refractivity (Wildman–Crippen MR) is 162 cm³/mol. The average molecular weight is 584 g/mol. The number of carbonyl (C=O) groups excluding carboxylic acids is 2. The van der Waals surface area contributed by atoms with Crippen molar-refractivity contribution in [3.05, 3.63) is 76.3 Å². The van der Waals surface area contributed by atoms with Crippen LogP contribution in [-0.2, 0) is 29.1 Å². The number of hydrogen-bond acceptors (Lipinski definition) is 5. The Morgan fingerprint density at radius 1 is 1.10 bits per heavy atom. The number of carboxylic acids is 1. The lowest BCUT2D eigenvalue weighted by atomic mass is 9.98.